The molecule has 102 valence electrons. The molecule has 0 heterocycles. The van der Waals surface area contributed by atoms with Crippen molar-refractivity contribution in [2.45, 2.75) is 44.5 Å². The number of carbonyl (C=O) groups is 1. The molecule has 0 radical (unpaired) electrons. The van der Waals surface area contributed by atoms with E-state index in [0.29, 0.717) is 43.8 Å². The van der Waals surface area contributed by atoms with Gasteiger partial charge in [-0.05, 0) is 49.8 Å². The Balaban J connectivity index is 1.96. The molecule has 4 N–H and O–H groups in total. The van der Waals surface area contributed by atoms with Crippen LogP contribution in [0, 0.1) is 23.7 Å². The second-order valence-electron chi connectivity index (χ2n) is 5.80. The van der Waals surface area contributed by atoms with Crippen LogP contribution in [0.1, 0.15) is 32.1 Å². The third-order valence-corrected chi connectivity index (χ3v) is 4.66. The Bertz CT molecular complexity index is 309. The summed E-state index contributed by atoms with van der Waals surface area (Å²) in [7, 11) is -1.31. The molecule has 0 saturated heterocycles. The fourth-order valence-electron chi connectivity index (χ4n) is 3.96. The first-order valence-corrected chi connectivity index (χ1v) is 6.76. The zero-order valence-corrected chi connectivity index (χ0v) is 10.4. The number of hydrogen-bond acceptors (Lipinski definition) is 4. The summed E-state index contributed by atoms with van der Waals surface area (Å²) in [5.41, 5.74) is 0. The van der Waals surface area contributed by atoms with E-state index in [1.807, 2.05) is 0 Å². The zero-order chi connectivity index (χ0) is 13.3. The summed E-state index contributed by atoms with van der Waals surface area (Å²) < 4.78 is 0. The number of carboxylic acid groups (broad SMARTS) is 1. The van der Waals surface area contributed by atoms with E-state index in [9.17, 15) is 15.0 Å². The van der Waals surface area contributed by atoms with Gasteiger partial charge in [0, 0.05) is 0 Å². The topological polar surface area (TPSA) is 98.0 Å². The molecule has 2 rings (SSSR count). The standard InChI is InChI=1S/C12H21BO5/c14-8-4-7-5-11(12(15)16)9(10(7)6-8)2-1-3-13(17)18/h7-11,14,17-18H,1-6H2,(H,15,16)/t7-,8-,9+,10-,11-/m1/s1. The second kappa shape index (κ2) is 5.59. The molecule has 0 bridgehead atoms. The van der Waals surface area contributed by atoms with E-state index < -0.39 is 13.1 Å². The Morgan fingerprint density at radius 1 is 1.22 bits per heavy atom. The van der Waals surface area contributed by atoms with E-state index in [-0.39, 0.29) is 17.9 Å². The van der Waals surface area contributed by atoms with Gasteiger partial charge >= 0.3 is 13.1 Å². The summed E-state index contributed by atoms with van der Waals surface area (Å²) in [6.07, 6.45) is 3.47. The molecule has 5 atom stereocenters. The van der Waals surface area contributed by atoms with Gasteiger partial charge < -0.3 is 20.3 Å². The fourth-order valence-corrected chi connectivity index (χ4v) is 3.96. The molecule has 18 heavy (non-hydrogen) atoms. The predicted molar refractivity (Wildman–Crippen MR) is 65.7 cm³/mol. The monoisotopic (exact) mass is 256 g/mol. The van der Waals surface area contributed by atoms with Crippen LogP contribution in [0.4, 0.5) is 0 Å². The van der Waals surface area contributed by atoms with Crippen molar-refractivity contribution in [2.24, 2.45) is 23.7 Å². The molecule has 0 aromatic rings. The van der Waals surface area contributed by atoms with Crippen LogP contribution in [0.15, 0.2) is 0 Å². The van der Waals surface area contributed by atoms with Crippen molar-refractivity contribution in [3.8, 4) is 0 Å². The zero-order valence-electron chi connectivity index (χ0n) is 10.4. The van der Waals surface area contributed by atoms with Crippen LogP contribution in [-0.4, -0.2) is 39.5 Å². The molecule has 0 aliphatic heterocycles. The molecular formula is C12H21BO5. The highest BCUT2D eigenvalue weighted by atomic mass is 16.4. The lowest BCUT2D eigenvalue weighted by atomic mass is 9.78. The Labute approximate surface area is 107 Å². The average molecular weight is 256 g/mol. The van der Waals surface area contributed by atoms with Gasteiger partial charge in [-0.2, -0.15) is 0 Å². The van der Waals surface area contributed by atoms with Crippen LogP contribution >= 0.6 is 0 Å². The normalized spacial score (nSPS) is 38.7. The molecule has 0 aromatic carbocycles. The van der Waals surface area contributed by atoms with Gasteiger partial charge in [-0.25, -0.2) is 0 Å². The number of aliphatic hydroxyl groups is 1. The van der Waals surface area contributed by atoms with Crippen molar-refractivity contribution in [1.29, 1.82) is 0 Å². The van der Waals surface area contributed by atoms with Crippen LogP contribution in [0.5, 0.6) is 0 Å². The van der Waals surface area contributed by atoms with Crippen LogP contribution in [0.2, 0.25) is 6.32 Å². The summed E-state index contributed by atoms with van der Waals surface area (Å²) in [6, 6.07) is 0. The maximum absolute atomic E-state index is 11.3. The van der Waals surface area contributed by atoms with E-state index in [2.05, 4.69) is 0 Å². The SMILES string of the molecule is O=C(O)[C@@H]1C[C@H]2C[C@@H](O)C[C@H]2[C@@H]1CCCB(O)O. The van der Waals surface area contributed by atoms with Crippen LogP contribution in [0.25, 0.3) is 0 Å². The van der Waals surface area contributed by atoms with Gasteiger partial charge in [-0.1, -0.05) is 6.42 Å². The smallest absolute Gasteiger partial charge is 0.451 e. The minimum Gasteiger partial charge on any atom is -0.481 e. The minimum atomic E-state index is -1.31. The molecule has 0 unspecified atom stereocenters. The fraction of sp³-hybridized carbons (Fsp3) is 0.917. The van der Waals surface area contributed by atoms with E-state index >= 15 is 0 Å². The second-order valence-corrected chi connectivity index (χ2v) is 5.80. The summed E-state index contributed by atoms with van der Waals surface area (Å²) in [4.78, 5) is 11.3. The molecule has 2 aliphatic rings. The minimum absolute atomic E-state index is 0.0865. The van der Waals surface area contributed by atoms with Gasteiger partial charge in [0.1, 0.15) is 0 Å². The Morgan fingerprint density at radius 3 is 2.56 bits per heavy atom. The van der Waals surface area contributed by atoms with Gasteiger partial charge in [0.05, 0.1) is 12.0 Å². The Hall–Kier alpha value is -0.585. The first kappa shape index (κ1) is 13.8. The van der Waals surface area contributed by atoms with Gasteiger partial charge in [0.25, 0.3) is 0 Å². The largest absolute Gasteiger partial charge is 0.481 e. The molecule has 2 aliphatic carbocycles. The quantitative estimate of drug-likeness (QED) is 0.532. The van der Waals surface area contributed by atoms with Gasteiger partial charge in [-0.3, -0.25) is 4.79 Å². The van der Waals surface area contributed by atoms with Gasteiger partial charge in [0.15, 0.2) is 0 Å². The number of rotatable bonds is 5. The maximum atomic E-state index is 11.3. The predicted octanol–water partition coefficient (Wildman–Crippen LogP) is 0.347. The third kappa shape index (κ3) is 2.87. The Kier molecular flexibility index (Phi) is 4.30. The first-order chi connectivity index (χ1) is 8.49. The van der Waals surface area contributed by atoms with E-state index in [4.69, 9.17) is 10.0 Å². The number of carboxylic acids is 1. The third-order valence-electron chi connectivity index (χ3n) is 4.66. The van der Waals surface area contributed by atoms with Crippen molar-refractivity contribution >= 4 is 13.1 Å². The summed E-state index contributed by atoms with van der Waals surface area (Å²) in [5, 5.41) is 36.6. The lowest BCUT2D eigenvalue weighted by molar-refractivity contribution is -0.143. The van der Waals surface area contributed by atoms with E-state index in [1.54, 1.807) is 0 Å². The lowest BCUT2D eigenvalue weighted by Crippen LogP contribution is -2.23. The van der Waals surface area contributed by atoms with E-state index in [0.717, 1.165) is 6.42 Å². The van der Waals surface area contributed by atoms with Crippen LogP contribution < -0.4 is 0 Å². The maximum Gasteiger partial charge on any atom is 0.451 e. The molecule has 2 saturated carbocycles. The van der Waals surface area contributed by atoms with Crippen molar-refractivity contribution in [3.05, 3.63) is 0 Å². The highest BCUT2D eigenvalue weighted by molar-refractivity contribution is 6.40. The van der Waals surface area contributed by atoms with Crippen molar-refractivity contribution in [2.75, 3.05) is 0 Å². The number of hydrogen-bond donors (Lipinski definition) is 4. The molecule has 2 fully saturated rings. The molecular weight excluding hydrogens is 235 g/mol. The summed E-state index contributed by atoms with van der Waals surface area (Å²) >= 11 is 0. The lowest BCUT2D eigenvalue weighted by Gasteiger charge is -2.22. The Morgan fingerprint density at radius 2 is 1.94 bits per heavy atom. The van der Waals surface area contributed by atoms with Crippen molar-refractivity contribution in [1.82, 2.24) is 0 Å². The van der Waals surface area contributed by atoms with Crippen molar-refractivity contribution < 1.29 is 25.1 Å². The molecule has 0 spiro atoms. The number of fused-ring (bicyclic) bond motifs is 1. The van der Waals surface area contributed by atoms with Crippen molar-refractivity contribution in [3.63, 3.8) is 0 Å². The average Bonchev–Trinajstić information content (AvgIpc) is 2.75. The summed E-state index contributed by atoms with van der Waals surface area (Å²) in [5.74, 6) is -0.331. The highest BCUT2D eigenvalue weighted by Crippen LogP contribution is 2.52. The number of aliphatic hydroxyl groups excluding tert-OH is 1. The van der Waals surface area contributed by atoms with Crippen LogP contribution in [0.3, 0.4) is 0 Å². The molecule has 0 amide bonds. The molecule has 5 nitrogen and oxygen atoms in total. The molecule has 0 aromatic heterocycles. The van der Waals surface area contributed by atoms with Gasteiger partial charge in [0.2, 0.25) is 0 Å². The van der Waals surface area contributed by atoms with Gasteiger partial charge in [-0.15, -0.1) is 0 Å². The summed E-state index contributed by atoms with van der Waals surface area (Å²) in [6.45, 7) is 0. The molecule has 6 heteroatoms. The van der Waals surface area contributed by atoms with Crippen LogP contribution in [-0.2, 0) is 4.79 Å². The first-order valence-electron chi connectivity index (χ1n) is 6.76. The van der Waals surface area contributed by atoms with E-state index in [1.165, 1.54) is 0 Å². The number of aliphatic carboxylic acids is 1. The highest BCUT2D eigenvalue weighted by Gasteiger charge is 2.50.